The van der Waals surface area contributed by atoms with Gasteiger partial charge in [-0.1, -0.05) is 25.1 Å². The number of methoxy groups -OCH3 is 1. The van der Waals surface area contributed by atoms with Crippen molar-refractivity contribution in [2.75, 3.05) is 51.3 Å². The Hall–Kier alpha value is -4.01. The van der Waals surface area contributed by atoms with Crippen molar-refractivity contribution >= 4 is 17.6 Å². The smallest absolute Gasteiger partial charge is 0.254 e. The van der Waals surface area contributed by atoms with E-state index < -0.39 is 5.82 Å². The first-order valence-electron chi connectivity index (χ1n) is 12.0. The van der Waals surface area contributed by atoms with Crippen LogP contribution < -0.4 is 9.64 Å². The molecule has 1 fully saturated rings. The summed E-state index contributed by atoms with van der Waals surface area (Å²) in [5.74, 6) is 0.582. The average molecular weight is 492 g/mol. The summed E-state index contributed by atoms with van der Waals surface area (Å²) in [5.41, 5.74) is 1.93. The molecule has 0 radical (unpaired) electrons. The van der Waals surface area contributed by atoms with Crippen molar-refractivity contribution in [3.63, 3.8) is 0 Å². The lowest BCUT2D eigenvalue weighted by Crippen LogP contribution is -2.52. The Morgan fingerprint density at radius 3 is 2.44 bits per heavy atom. The van der Waals surface area contributed by atoms with Crippen molar-refractivity contribution in [2.24, 2.45) is 0 Å². The minimum absolute atomic E-state index is 0.0295. The van der Waals surface area contributed by atoms with Crippen LogP contribution in [0.3, 0.4) is 0 Å². The Balaban J connectivity index is 1.34. The maximum absolute atomic E-state index is 13.6. The number of rotatable bonds is 8. The van der Waals surface area contributed by atoms with Gasteiger partial charge in [-0.15, -0.1) is 10.2 Å². The van der Waals surface area contributed by atoms with Gasteiger partial charge in [0.1, 0.15) is 18.1 Å². The number of carbonyl (C=O) groups is 2. The maximum Gasteiger partial charge on any atom is 0.254 e. The topological polar surface area (TPSA) is 78.9 Å². The molecule has 2 heterocycles. The minimum Gasteiger partial charge on any atom is -0.497 e. The summed E-state index contributed by atoms with van der Waals surface area (Å²) in [6.07, 6.45) is 0.701. The van der Waals surface area contributed by atoms with E-state index >= 15 is 0 Å². The number of ether oxygens (including phenoxy) is 1. The summed E-state index contributed by atoms with van der Waals surface area (Å²) < 4.78 is 18.9. The molecular weight excluding hydrogens is 461 g/mol. The highest BCUT2D eigenvalue weighted by atomic mass is 19.1. The van der Waals surface area contributed by atoms with E-state index in [1.54, 1.807) is 18.1 Å². The van der Waals surface area contributed by atoms with Crippen LogP contribution in [0.2, 0.25) is 0 Å². The van der Waals surface area contributed by atoms with Crippen LogP contribution in [0.5, 0.6) is 5.75 Å². The zero-order valence-corrected chi connectivity index (χ0v) is 20.6. The lowest BCUT2D eigenvalue weighted by Gasteiger charge is -2.36. The molecule has 0 atom stereocenters. The largest absolute Gasteiger partial charge is 0.497 e. The van der Waals surface area contributed by atoms with Crippen molar-refractivity contribution in [1.29, 1.82) is 0 Å². The number of piperazine rings is 1. The van der Waals surface area contributed by atoms with Gasteiger partial charge in [0.05, 0.1) is 12.8 Å². The van der Waals surface area contributed by atoms with Gasteiger partial charge in [-0.2, -0.15) is 0 Å². The normalized spacial score (nSPS) is 13.4. The molecule has 9 heteroatoms. The van der Waals surface area contributed by atoms with Crippen molar-refractivity contribution in [1.82, 2.24) is 20.0 Å². The summed E-state index contributed by atoms with van der Waals surface area (Å²) in [6, 6.07) is 17.1. The molecule has 8 nitrogen and oxygen atoms in total. The molecule has 0 unspecified atom stereocenters. The van der Waals surface area contributed by atoms with Gasteiger partial charge in [0, 0.05) is 43.9 Å². The lowest BCUT2D eigenvalue weighted by atomic mass is 10.1. The third kappa shape index (κ3) is 5.97. The molecule has 3 aromatic rings. The van der Waals surface area contributed by atoms with Gasteiger partial charge < -0.3 is 19.4 Å². The fraction of sp³-hybridized carbons (Fsp3) is 0.333. The third-order valence-corrected chi connectivity index (χ3v) is 6.15. The molecule has 0 aliphatic carbocycles. The van der Waals surface area contributed by atoms with E-state index in [4.69, 9.17) is 4.74 Å². The maximum atomic E-state index is 13.6. The van der Waals surface area contributed by atoms with Crippen LogP contribution in [-0.4, -0.2) is 78.2 Å². The highest BCUT2D eigenvalue weighted by Crippen LogP contribution is 2.23. The number of benzene rings is 2. The SMILES string of the molecule is CCCN(CC(=O)N1CCN(c2ccc(-c3cccc(OC)c3)nn2)CC1)C(=O)c1cccc(F)c1. The summed E-state index contributed by atoms with van der Waals surface area (Å²) in [6.45, 7) is 4.61. The van der Waals surface area contributed by atoms with Gasteiger partial charge in [0.2, 0.25) is 5.91 Å². The standard InChI is InChI=1S/C27H30FN5O3/c1-3-12-33(27(35)21-7-4-8-22(28)17-21)19-26(34)32-15-13-31(14-16-32)25-11-10-24(29-30-25)20-6-5-9-23(18-20)36-2/h4-11,17-18H,3,12-16,19H2,1-2H3. The van der Waals surface area contributed by atoms with E-state index in [1.807, 2.05) is 43.3 Å². The molecule has 0 spiro atoms. The Bertz CT molecular complexity index is 1200. The molecule has 2 aromatic carbocycles. The number of aromatic nitrogens is 2. The third-order valence-electron chi connectivity index (χ3n) is 6.15. The molecule has 188 valence electrons. The van der Waals surface area contributed by atoms with Crippen LogP contribution in [0.1, 0.15) is 23.7 Å². The first-order chi connectivity index (χ1) is 17.5. The van der Waals surface area contributed by atoms with Crippen LogP contribution in [0.4, 0.5) is 10.2 Å². The fourth-order valence-corrected chi connectivity index (χ4v) is 4.20. The molecule has 1 aliphatic heterocycles. The molecule has 36 heavy (non-hydrogen) atoms. The van der Waals surface area contributed by atoms with Gasteiger partial charge in [-0.05, 0) is 48.9 Å². The first-order valence-corrected chi connectivity index (χ1v) is 12.0. The van der Waals surface area contributed by atoms with Crippen molar-refractivity contribution < 1.29 is 18.7 Å². The molecule has 0 bridgehead atoms. The highest BCUT2D eigenvalue weighted by Gasteiger charge is 2.26. The second kappa shape index (κ2) is 11.6. The summed E-state index contributed by atoms with van der Waals surface area (Å²) in [7, 11) is 1.63. The van der Waals surface area contributed by atoms with E-state index in [1.165, 1.54) is 23.1 Å². The van der Waals surface area contributed by atoms with Gasteiger partial charge in [0.15, 0.2) is 5.82 Å². The van der Waals surface area contributed by atoms with Gasteiger partial charge in [0.25, 0.3) is 5.91 Å². The number of halogens is 1. The Morgan fingerprint density at radius 2 is 1.78 bits per heavy atom. The second-order valence-electron chi connectivity index (χ2n) is 8.61. The average Bonchev–Trinajstić information content (AvgIpc) is 2.92. The van der Waals surface area contributed by atoms with Gasteiger partial charge in [-0.3, -0.25) is 9.59 Å². The van der Waals surface area contributed by atoms with Crippen LogP contribution in [0.15, 0.2) is 60.7 Å². The Labute approximate surface area is 210 Å². The first kappa shape index (κ1) is 25.1. The van der Waals surface area contributed by atoms with E-state index in [-0.39, 0.29) is 23.9 Å². The molecule has 0 saturated carbocycles. The number of nitrogens with zero attached hydrogens (tertiary/aromatic N) is 5. The lowest BCUT2D eigenvalue weighted by molar-refractivity contribution is -0.132. The van der Waals surface area contributed by atoms with Crippen LogP contribution in [0.25, 0.3) is 11.3 Å². The van der Waals surface area contributed by atoms with Gasteiger partial charge in [-0.25, -0.2) is 4.39 Å². The van der Waals surface area contributed by atoms with E-state index in [0.29, 0.717) is 39.1 Å². The van der Waals surface area contributed by atoms with Crippen molar-refractivity contribution in [3.8, 4) is 17.0 Å². The second-order valence-corrected chi connectivity index (χ2v) is 8.61. The number of hydrogen-bond acceptors (Lipinski definition) is 6. The summed E-state index contributed by atoms with van der Waals surface area (Å²) in [4.78, 5) is 31.2. The molecule has 2 amide bonds. The predicted molar refractivity (Wildman–Crippen MR) is 135 cm³/mol. The van der Waals surface area contributed by atoms with Crippen LogP contribution >= 0.6 is 0 Å². The number of amides is 2. The summed E-state index contributed by atoms with van der Waals surface area (Å²) in [5, 5.41) is 8.76. The number of hydrogen-bond donors (Lipinski definition) is 0. The molecular formula is C27H30FN5O3. The fourth-order valence-electron chi connectivity index (χ4n) is 4.20. The van der Waals surface area contributed by atoms with Crippen LogP contribution in [0, 0.1) is 5.82 Å². The molecule has 4 rings (SSSR count). The quantitative estimate of drug-likeness (QED) is 0.480. The molecule has 1 aliphatic rings. The van der Waals surface area contributed by atoms with Crippen molar-refractivity contribution in [2.45, 2.75) is 13.3 Å². The van der Waals surface area contributed by atoms with E-state index in [2.05, 4.69) is 15.1 Å². The van der Waals surface area contributed by atoms with E-state index in [9.17, 15) is 14.0 Å². The highest BCUT2D eigenvalue weighted by molar-refractivity contribution is 5.96. The predicted octanol–water partition coefficient (Wildman–Crippen LogP) is 3.49. The zero-order valence-electron chi connectivity index (χ0n) is 20.6. The molecule has 1 aromatic heterocycles. The van der Waals surface area contributed by atoms with Gasteiger partial charge >= 0.3 is 0 Å². The monoisotopic (exact) mass is 491 g/mol. The molecule has 1 saturated heterocycles. The molecule has 0 N–H and O–H groups in total. The van der Waals surface area contributed by atoms with Crippen LogP contribution in [-0.2, 0) is 4.79 Å². The zero-order chi connectivity index (χ0) is 25.5. The number of carbonyl (C=O) groups excluding carboxylic acids is 2. The Morgan fingerprint density at radius 1 is 1.00 bits per heavy atom. The minimum atomic E-state index is -0.473. The Kier molecular flexibility index (Phi) is 8.10. The summed E-state index contributed by atoms with van der Waals surface area (Å²) >= 11 is 0. The number of anilines is 1. The van der Waals surface area contributed by atoms with Crippen molar-refractivity contribution in [3.05, 3.63) is 72.0 Å². The van der Waals surface area contributed by atoms with E-state index in [0.717, 1.165) is 22.8 Å².